The molecule has 0 spiro atoms. The molecule has 0 N–H and O–H groups in total. The van der Waals surface area contributed by atoms with Crippen LogP contribution in [0.2, 0.25) is 0 Å². The zero-order chi connectivity index (χ0) is 15.0. The average Bonchev–Trinajstić information content (AvgIpc) is 3.22. The lowest BCUT2D eigenvalue weighted by Gasteiger charge is -2.24. The molecule has 0 radical (unpaired) electrons. The highest BCUT2D eigenvalue weighted by atomic mass is 16.2. The number of hydrogen-bond donors (Lipinski definition) is 0. The summed E-state index contributed by atoms with van der Waals surface area (Å²) in [5.41, 5.74) is 2.47. The maximum absolute atomic E-state index is 12.5. The summed E-state index contributed by atoms with van der Waals surface area (Å²) in [5, 5.41) is 0. The number of anilines is 1. The molecule has 1 aromatic carbocycles. The van der Waals surface area contributed by atoms with E-state index in [9.17, 15) is 4.79 Å². The Balaban J connectivity index is 1.64. The molecule has 3 rings (SSSR count). The number of likely N-dealkylation sites (N-methyl/N-ethyl adjacent to an activating group) is 1. The van der Waals surface area contributed by atoms with Crippen molar-refractivity contribution in [2.24, 2.45) is 0 Å². The summed E-state index contributed by atoms with van der Waals surface area (Å²) in [6.07, 6.45) is 3.37. The highest BCUT2D eigenvalue weighted by Gasteiger charge is 2.41. The SMILES string of the molecule is CN(C)c1cccc(CN(C)[C@@H]2CCN(C3CC3)C2=O)c1. The van der Waals surface area contributed by atoms with Crippen molar-refractivity contribution in [3.63, 3.8) is 0 Å². The Morgan fingerprint density at radius 3 is 2.62 bits per heavy atom. The molecule has 114 valence electrons. The Hall–Kier alpha value is -1.55. The number of likely N-dealkylation sites (tertiary alicyclic amines) is 1. The second-order valence-electron chi connectivity index (χ2n) is 6.55. The third-order valence-corrected chi connectivity index (χ3v) is 4.59. The van der Waals surface area contributed by atoms with Crippen LogP contribution in [-0.4, -0.2) is 55.5 Å². The lowest BCUT2D eigenvalue weighted by molar-refractivity contribution is -0.132. The van der Waals surface area contributed by atoms with Crippen molar-refractivity contribution in [1.82, 2.24) is 9.80 Å². The van der Waals surface area contributed by atoms with Crippen LogP contribution < -0.4 is 4.90 Å². The first-order valence-electron chi connectivity index (χ1n) is 7.83. The zero-order valence-corrected chi connectivity index (χ0v) is 13.2. The first kappa shape index (κ1) is 14.4. The summed E-state index contributed by atoms with van der Waals surface area (Å²) in [4.78, 5) is 18.9. The molecule has 4 nitrogen and oxygen atoms in total. The van der Waals surface area contributed by atoms with E-state index in [0.717, 1.165) is 19.5 Å². The smallest absolute Gasteiger partial charge is 0.240 e. The third-order valence-electron chi connectivity index (χ3n) is 4.59. The molecule has 1 atom stereocenters. The normalized spacial score (nSPS) is 22.2. The van der Waals surface area contributed by atoms with Gasteiger partial charge >= 0.3 is 0 Å². The van der Waals surface area contributed by atoms with Crippen LogP contribution in [0.1, 0.15) is 24.8 Å². The van der Waals surface area contributed by atoms with Gasteiger partial charge in [0.25, 0.3) is 0 Å². The molecule has 1 saturated heterocycles. The van der Waals surface area contributed by atoms with E-state index in [1.807, 2.05) is 0 Å². The first-order chi connectivity index (χ1) is 10.1. The molecule has 0 unspecified atom stereocenters. The number of amides is 1. The van der Waals surface area contributed by atoms with Gasteiger partial charge in [-0.2, -0.15) is 0 Å². The Morgan fingerprint density at radius 1 is 1.19 bits per heavy atom. The van der Waals surface area contributed by atoms with Crippen molar-refractivity contribution in [3.8, 4) is 0 Å². The third kappa shape index (κ3) is 3.05. The molecule has 4 heteroatoms. The van der Waals surface area contributed by atoms with Crippen molar-refractivity contribution in [3.05, 3.63) is 29.8 Å². The van der Waals surface area contributed by atoms with Crippen LogP contribution in [0.4, 0.5) is 5.69 Å². The van der Waals surface area contributed by atoms with Gasteiger partial charge in [-0.1, -0.05) is 12.1 Å². The van der Waals surface area contributed by atoms with Gasteiger partial charge in [-0.05, 0) is 44.0 Å². The van der Waals surface area contributed by atoms with E-state index in [1.54, 1.807) is 0 Å². The van der Waals surface area contributed by atoms with Crippen LogP contribution in [0.3, 0.4) is 0 Å². The molecule has 1 aromatic rings. The summed E-state index contributed by atoms with van der Waals surface area (Å²) in [6.45, 7) is 1.77. The van der Waals surface area contributed by atoms with Crippen LogP contribution in [0.25, 0.3) is 0 Å². The quantitative estimate of drug-likeness (QED) is 0.828. The van der Waals surface area contributed by atoms with E-state index in [-0.39, 0.29) is 6.04 Å². The van der Waals surface area contributed by atoms with Gasteiger partial charge in [0.05, 0.1) is 6.04 Å². The Bertz CT molecular complexity index is 525. The molecule has 1 aliphatic heterocycles. The molecule has 0 aromatic heterocycles. The van der Waals surface area contributed by atoms with Crippen LogP contribution in [0.15, 0.2) is 24.3 Å². The summed E-state index contributed by atoms with van der Waals surface area (Å²) < 4.78 is 0. The topological polar surface area (TPSA) is 26.8 Å². The molecule has 21 heavy (non-hydrogen) atoms. The Labute approximate surface area is 127 Å². The second kappa shape index (κ2) is 5.68. The molecule has 1 amide bonds. The zero-order valence-electron chi connectivity index (χ0n) is 13.2. The highest BCUT2D eigenvalue weighted by Crippen LogP contribution is 2.32. The average molecular weight is 287 g/mol. The number of carbonyl (C=O) groups is 1. The Morgan fingerprint density at radius 2 is 1.95 bits per heavy atom. The fourth-order valence-corrected chi connectivity index (χ4v) is 3.18. The van der Waals surface area contributed by atoms with E-state index in [1.165, 1.54) is 24.1 Å². The molecular weight excluding hydrogens is 262 g/mol. The monoisotopic (exact) mass is 287 g/mol. The number of rotatable bonds is 5. The molecule has 1 heterocycles. The van der Waals surface area contributed by atoms with Crippen molar-refractivity contribution >= 4 is 11.6 Å². The fraction of sp³-hybridized carbons (Fsp3) is 0.588. The molecule has 2 fully saturated rings. The minimum Gasteiger partial charge on any atom is -0.378 e. The minimum atomic E-state index is 0.0635. The van der Waals surface area contributed by atoms with Gasteiger partial charge in [-0.25, -0.2) is 0 Å². The standard InChI is InChI=1S/C17H25N3O/c1-18(2)15-6-4-5-13(11-15)12-19(3)16-9-10-20(17(16)21)14-7-8-14/h4-6,11,14,16H,7-10,12H2,1-3H3/t16-/m1/s1. The van der Waals surface area contributed by atoms with Crippen LogP contribution in [0, 0.1) is 0 Å². The first-order valence-corrected chi connectivity index (χ1v) is 7.83. The van der Waals surface area contributed by atoms with E-state index >= 15 is 0 Å². The van der Waals surface area contributed by atoms with E-state index in [2.05, 4.69) is 60.1 Å². The van der Waals surface area contributed by atoms with Gasteiger partial charge in [0.2, 0.25) is 5.91 Å². The van der Waals surface area contributed by atoms with Gasteiger partial charge in [-0.15, -0.1) is 0 Å². The van der Waals surface area contributed by atoms with E-state index < -0.39 is 0 Å². The maximum Gasteiger partial charge on any atom is 0.240 e. The van der Waals surface area contributed by atoms with Gasteiger partial charge in [-0.3, -0.25) is 9.69 Å². The van der Waals surface area contributed by atoms with Gasteiger partial charge in [0.1, 0.15) is 0 Å². The summed E-state index contributed by atoms with van der Waals surface area (Å²) in [6, 6.07) is 9.15. The van der Waals surface area contributed by atoms with Crippen LogP contribution in [0.5, 0.6) is 0 Å². The van der Waals surface area contributed by atoms with Crippen LogP contribution >= 0.6 is 0 Å². The fourth-order valence-electron chi connectivity index (χ4n) is 3.18. The van der Waals surface area contributed by atoms with Crippen LogP contribution in [-0.2, 0) is 11.3 Å². The summed E-state index contributed by atoms with van der Waals surface area (Å²) in [5.74, 6) is 0.337. The van der Waals surface area contributed by atoms with Gasteiger partial charge < -0.3 is 9.80 Å². The van der Waals surface area contributed by atoms with Crippen molar-refractivity contribution < 1.29 is 4.79 Å². The predicted molar refractivity (Wildman–Crippen MR) is 85.4 cm³/mol. The van der Waals surface area contributed by atoms with E-state index in [4.69, 9.17) is 0 Å². The molecule has 0 bridgehead atoms. The van der Waals surface area contributed by atoms with E-state index in [0.29, 0.717) is 11.9 Å². The number of carbonyl (C=O) groups excluding carboxylic acids is 1. The molecule has 1 saturated carbocycles. The highest BCUT2D eigenvalue weighted by molar-refractivity contribution is 5.84. The number of hydrogen-bond acceptors (Lipinski definition) is 3. The number of benzene rings is 1. The van der Waals surface area contributed by atoms with Gasteiger partial charge in [0, 0.05) is 38.9 Å². The maximum atomic E-state index is 12.5. The lowest BCUT2D eigenvalue weighted by Crippen LogP contribution is -2.40. The largest absolute Gasteiger partial charge is 0.378 e. The summed E-state index contributed by atoms with van der Waals surface area (Å²) in [7, 11) is 6.18. The minimum absolute atomic E-state index is 0.0635. The van der Waals surface area contributed by atoms with Crippen molar-refractivity contribution in [1.29, 1.82) is 0 Å². The Kier molecular flexibility index (Phi) is 3.89. The van der Waals surface area contributed by atoms with Crippen molar-refractivity contribution in [2.45, 2.75) is 37.9 Å². The summed E-state index contributed by atoms with van der Waals surface area (Å²) >= 11 is 0. The molecule has 2 aliphatic rings. The predicted octanol–water partition coefficient (Wildman–Crippen LogP) is 1.95. The molecule has 1 aliphatic carbocycles. The second-order valence-corrected chi connectivity index (χ2v) is 6.55. The molecular formula is C17H25N3O. The van der Waals surface area contributed by atoms with Crippen molar-refractivity contribution in [2.75, 3.05) is 32.6 Å². The van der Waals surface area contributed by atoms with Gasteiger partial charge in [0.15, 0.2) is 0 Å². The number of nitrogens with zero attached hydrogens (tertiary/aromatic N) is 3. The lowest BCUT2D eigenvalue weighted by atomic mass is 10.1.